The maximum atomic E-state index is 12.2. The summed E-state index contributed by atoms with van der Waals surface area (Å²) in [5, 5.41) is 5.53. The van der Waals surface area contributed by atoms with Crippen LogP contribution in [0.4, 0.5) is 0 Å². The fourth-order valence-corrected chi connectivity index (χ4v) is 2.65. The van der Waals surface area contributed by atoms with Crippen LogP contribution in [0, 0.1) is 0 Å². The topological polar surface area (TPSA) is 65.2 Å². The summed E-state index contributed by atoms with van der Waals surface area (Å²) in [6, 6.07) is 20.0. The maximum Gasteiger partial charge on any atom is 0.357 e. The molecule has 6 heteroatoms. The molecule has 4 rings (SSSR count). The van der Waals surface area contributed by atoms with Gasteiger partial charge < -0.3 is 9.26 Å². The molecule has 2 aromatic heterocycles. The molecule has 0 saturated heterocycles. The standard InChI is InChI=1S/C20H13ClN2O3/c21-15-8-5-14(6-9-15)19-11-16(23-26-19)12-25-20(24)18-10-7-13-3-1-2-4-17(13)22-18/h1-11H,12H2. The molecule has 0 fully saturated rings. The lowest BCUT2D eigenvalue weighted by Crippen LogP contribution is -2.07. The van der Waals surface area contributed by atoms with E-state index in [1.807, 2.05) is 42.5 Å². The summed E-state index contributed by atoms with van der Waals surface area (Å²) in [5.74, 6) is 0.0725. The summed E-state index contributed by atoms with van der Waals surface area (Å²) in [6.07, 6.45) is 0. The number of nitrogens with zero attached hydrogens (tertiary/aromatic N) is 2. The van der Waals surface area contributed by atoms with Crippen LogP contribution in [0.1, 0.15) is 16.2 Å². The highest BCUT2D eigenvalue weighted by atomic mass is 35.5. The molecule has 0 radical (unpaired) electrons. The van der Waals surface area contributed by atoms with Gasteiger partial charge in [0.25, 0.3) is 0 Å². The normalized spacial score (nSPS) is 10.8. The Morgan fingerprint density at radius 3 is 2.69 bits per heavy atom. The molecule has 0 N–H and O–H groups in total. The number of fused-ring (bicyclic) bond motifs is 1. The number of benzene rings is 2. The molecule has 0 atom stereocenters. The molecule has 26 heavy (non-hydrogen) atoms. The molecule has 2 heterocycles. The third-order valence-corrected chi connectivity index (χ3v) is 4.10. The van der Waals surface area contributed by atoms with Crippen molar-refractivity contribution in [3.63, 3.8) is 0 Å². The minimum atomic E-state index is -0.508. The van der Waals surface area contributed by atoms with E-state index in [1.165, 1.54) is 0 Å². The van der Waals surface area contributed by atoms with Crippen LogP contribution in [-0.2, 0) is 11.3 Å². The minimum Gasteiger partial charge on any atom is -0.454 e. The van der Waals surface area contributed by atoms with Gasteiger partial charge in [-0.1, -0.05) is 41.0 Å². The zero-order valence-corrected chi connectivity index (χ0v) is 14.3. The Balaban J connectivity index is 1.45. The van der Waals surface area contributed by atoms with Crippen LogP contribution in [0.25, 0.3) is 22.2 Å². The Morgan fingerprint density at radius 2 is 1.85 bits per heavy atom. The van der Waals surface area contributed by atoms with Gasteiger partial charge in [0, 0.05) is 22.0 Å². The molecular weight excluding hydrogens is 352 g/mol. The van der Waals surface area contributed by atoms with Crippen molar-refractivity contribution in [2.24, 2.45) is 0 Å². The Morgan fingerprint density at radius 1 is 1.04 bits per heavy atom. The number of carbonyl (C=O) groups is 1. The number of pyridine rings is 1. The van der Waals surface area contributed by atoms with E-state index < -0.39 is 5.97 Å². The van der Waals surface area contributed by atoms with E-state index in [9.17, 15) is 4.79 Å². The molecule has 0 unspecified atom stereocenters. The van der Waals surface area contributed by atoms with Crippen LogP contribution in [0.5, 0.6) is 0 Å². The number of ether oxygens (including phenoxy) is 1. The first kappa shape index (κ1) is 16.3. The van der Waals surface area contributed by atoms with Crippen molar-refractivity contribution in [1.82, 2.24) is 10.1 Å². The monoisotopic (exact) mass is 364 g/mol. The molecule has 0 amide bonds. The average Bonchev–Trinajstić information content (AvgIpc) is 3.15. The Kier molecular flexibility index (Phi) is 4.37. The highest BCUT2D eigenvalue weighted by molar-refractivity contribution is 6.30. The molecule has 128 valence electrons. The van der Waals surface area contributed by atoms with Gasteiger partial charge in [-0.15, -0.1) is 0 Å². The number of rotatable bonds is 4. The van der Waals surface area contributed by atoms with Gasteiger partial charge in [-0.3, -0.25) is 0 Å². The van der Waals surface area contributed by atoms with E-state index in [-0.39, 0.29) is 12.3 Å². The van der Waals surface area contributed by atoms with Crippen molar-refractivity contribution < 1.29 is 14.1 Å². The number of hydrogen-bond acceptors (Lipinski definition) is 5. The molecule has 0 aliphatic carbocycles. The number of para-hydroxylation sites is 1. The number of halogens is 1. The van der Waals surface area contributed by atoms with E-state index in [1.54, 1.807) is 24.3 Å². The van der Waals surface area contributed by atoms with E-state index in [0.717, 1.165) is 16.5 Å². The Labute approximate surface area is 154 Å². The van der Waals surface area contributed by atoms with E-state index in [0.29, 0.717) is 16.5 Å². The third kappa shape index (κ3) is 3.43. The lowest BCUT2D eigenvalue weighted by molar-refractivity contribution is 0.0458. The first-order valence-corrected chi connectivity index (χ1v) is 8.31. The van der Waals surface area contributed by atoms with Crippen molar-refractivity contribution in [2.75, 3.05) is 0 Å². The lowest BCUT2D eigenvalue weighted by Gasteiger charge is -2.03. The van der Waals surface area contributed by atoms with Gasteiger partial charge in [0.05, 0.1) is 5.52 Å². The molecule has 5 nitrogen and oxygen atoms in total. The molecule has 0 aliphatic rings. The number of hydrogen-bond donors (Lipinski definition) is 0. The zero-order valence-electron chi connectivity index (χ0n) is 13.6. The van der Waals surface area contributed by atoms with Crippen LogP contribution in [0.3, 0.4) is 0 Å². The molecule has 0 spiro atoms. The second kappa shape index (κ2) is 6.98. The van der Waals surface area contributed by atoms with E-state index in [2.05, 4.69) is 10.1 Å². The quantitative estimate of drug-likeness (QED) is 0.482. The summed E-state index contributed by atoms with van der Waals surface area (Å²) in [5.41, 5.74) is 2.36. The molecule has 4 aromatic rings. The molecular formula is C20H13ClN2O3. The Bertz CT molecular complexity index is 1070. The predicted molar refractivity (Wildman–Crippen MR) is 97.8 cm³/mol. The van der Waals surface area contributed by atoms with Gasteiger partial charge in [0.1, 0.15) is 18.0 Å². The Hall–Kier alpha value is -3.18. The summed E-state index contributed by atoms with van der Waals surface area (Å²) in [6.45, 7) is 0.00439. The van der Waals surface area contributed by atoms with Gasteiger partial charge in [0.15, 0.2) is 5.76 Å². The van der Waals surface area contributed by atoms with Crippen molar-refractivity contribution in [3.8, 4) is 11.3 Å². The lowest BCUT2D eigenvalue weighted by atomic mass is 10.2. The number of aromatic nitrogens is 2. The SMILES string of the molecule is O=C(OCc1cc(-c2ccc(Cl)cc2)on1)c1ccc2ccccc2n1. The predicted octanol–water partition coefficient (Wildman–Crippen LogP) is 4.90. The van der Waals surface area contributed by atoms with Crippen LogP contribution in [-0.4, -0.2) is 16.1 Å². The van der Waals surface area contributed by atoms with Crippen molar-refractivity contribution in [3.05, 3.63) is 83.1 Å². The highest BCUT2D eigenvalue weighted by Crippen LogP contribution is 2.22. The summed E-state index contributed by atoms with van der Waals surface area (Å²) in [7, 11) is 0. The van der Waals surface area contributed by atoms with Crippen LogP contribution < -0.4 is 0 Å². The van der Waals surface area contributed by atoms with Crippen LogP contribution in [0.2, 0.25) is 5.02 Å². The van der Waals surface area contributed by atoms with Gasteiger partial charge in [-0.05, 0) is 36.4 Å². The third-order valence-electron chi connectivity index (χ3n) is 3.85. The first-order valence-electron chi connectivity index (χ1n) is 7.93. The largest absolute Gasteiger partial charge is 0.454 e. The van der Waals surface area contributed by atoms with Crippen molar-refractivity contribution >= 4 is 28.5 Å². The first-order chi connectivity index (χ1) is 12.7. The summed E-state index contributed by atoms with van der Waals surface area (Å²) >= 11 is 5.87. The van der Waals surface area contributed by atoms with Crippen LogP contribution in [0.15, 0.2) is 71.3 Å². The number of carbonyl (C=O) groups excluding carboxylic acids is 1. The smallest absolute Gasteiger partial charge is 0.357 e. The second-order valence-corrected chi connectivity index (χ2v) is 6.09. The molecule has 0 bridgehead atoms. The minimum absolute atomic E-state index is 0.00439. The van der Waals surface area contributed by atoms with Gasteiger partial charge in [-0.25, -0.2) is 9.78 Å². The highest BCUT2D eigenvalue weighted by Gasteiger charge is 2.12. The summed E-state index contributed by atoms with van der Waals surface area (Å²) in [4.78, 5) is 16.5. The van der Waals surface area contributed by atoms with Crippen molar-refractivity contribution in [1.29, 1.82) is 0 Å². The van der Waals surface area contributed by atoms with Gasteiger partial charge in [-0.2, -0.15) is 0 Å². The van der Waals surface area contributed by atoms with E-state index >= 15 is 0 Å². The van der Waals surface area contributed by atoms with E-state index in [4.69, 9.17) is 20.9 Å². The molecule has 0 aliphatic heterocycles. The summed E-state index contributed by atoms with van der Waals surface area (Å²) < 4.78 is 10.6. The maximum absolute atomic E-state index is 12.2. The van der Waals surface area contributed by atoms with Crippen LogP contribution >= 0.6 is 11.6 Å². The van der Waals surface area contributed by atoms with Crippen molar-refractivity contribution in [2.45, 2.75) is 6.61 Å². The van der Waals surface area contributed by atoms with Gasteiger partial charge in [0.2, 0.25) is 0 Å². The number of esters is 1. The zero-order chi connectivity index (χ0) is 17.9. The average molecular weight is 365 g/mol. The second-order valence-electron chi connectivity index (χ2n) is 5.65. The fourth-order valence-electron chi connectivity index (χ4n) is 2.52. The molecule has 0 saturated carbocycles. The molecule has 2 aromatic carbocycles. The van der Waals surface area contributed by atoms with Gasteiger partial charge >= 0.3 is 5.97 Å². The fraction of sp³-hybridized carbons (Fsp3) is 0.0500.